The molecule has 3 fully saturated rings. The maximum atomic E-state index is 7.00. The van der Waals surface area contributed by atoms with E-state index in [1.54, 1.807) is 14.2 Å². The van der Waals surface area contributed by atoms with Crippen LogP contribution in [0.1, 0.15) is 44.4 Å². The van der Waals surface area contributed by atoms with Gasteiger partial charge < -0.3 is 44.5 Å². The molecule has 18 heteroatoms. The number of aliphatic hydroxyl groups is 2. The number of aliphatic hydroxyl groups excluding tert-OH is 2. The number of likely N-dealkylation sites (N-methyl/N-ethyl adjacent to an activating group) is 3. The molecular weight excluding hydrogens is 1700 g/mol. The molecule has 6 rings (SSSR count). The van der Waals surface area contributed by atoms with Gasteiger partial charge in [-0.2, -0.15) is 0 Å². The summed E-state index contributed by atoms with van der Waals surface area (Å²) in [7, 11) is 13.1. The van der Waals surface area contributed by atoms with Crippen LogP contribution in [0, 0.1) is 14.9 Å². The topological polar surface area (TPSA) is 69.1 Å². The Hall–Kier alpha value is 3.58. The van der Waals surface area contributed by atoms with Crippen molar-refractivity contribution >= 4 is 148 Å². The monoisotopic (exact) mass is 1790 g/mol. The zero-order valence-corrected chi connectivity index (χ0v) is 60.5. The molecule has 0 aromatic heterocycles. The zero-order valence-electron chi connectivity index (χ0n) is 42.6. The van der Waals surface area contributed by atoms with Crippen LogP contribution in [0.25, 0.3) is 0 Å². The summed E-state index contributed by atoms with van der Waals surface area (Å²) in [6.07, 6.45) is 0. The molecule has 390 valence electrons. The second kappa shape index (κ2) is 68.6. The molecule has 0 amide bonds. The molecule has 0 radical (unpaired) electrons. The zero-order chi connectivity index (χ0) is 49.8. The van der Waals surface area contributed by atoms with Gasteiger partial charge in [0.15, 0.2) is 0 Å². The average molecular weight is 1790 g/mol. The number of ether oxygens (including phenoxy) is 1. The summed E-state index contributed by atoms with van der Waals surface area (Å²) in [6, 6.07) is 32.2. The van der Waals surface area contributed by atoms with Crippen LogP contribution in [0.4, 0.5) is 0 Å². The second-order valence-corrected chi connectivity index (χ2v) is 44.7. The van der Waals surface area contributed by atoms with Gasteiger partial charge in [-0.1, -0.05) is 180 Å². The summed E-state index contributed by atoms with van der Waals surface area (Å²) in [6.45, 7) is 26.0. The molecule has 0 atom stereocenters. The van der Waals surface area contributed by atoms with E-state index < -0.39 is 0 Å². The van der Waals surface area contributed by atoms with Crippen molar-refractivity contribution in [1.82, 2.24) is 29.4 Å². The summed E-state index contributed by atoms with van der Waals surface area (Å²) in [5.74, 6) is 0. The predicted octanol–water partition coefficient (Wildman–Crippen LogP) is 12.9. The van der Waals surface area contributed by atoms with Crippen molar-refractivity contribution in [3.05, 3.63) is 123 Å². The fraction of sp³-hybridized carbons (Fsp3) is 0.583. The third-order valence-corrected chi connectivity index (χ3v) is 8.53. The molecule has 3 heterocycles. The molecule has 3 aromatic rings. The number of hydrogen-bond acceptors (Lipinski definition) is 9. The van der Waals surface area contributed by atoms with Gasteiger partial charge in [-0.3, -0.25) is 14.7 Å². The van der Waals surface area contributed by atoms with Crippen LogP contribution in [0.5, 0.6) is 0 Å². The molecule has 0 saturated carbocycles. The van der Waals surface area contributed by atoms with Crippen molar-refractivity contribution in [3.8, 4) is 0 Å². The van der Waals surface area contributed by atoms with Crippen molar-refractivity contribution in [3.63, 3.8) is 0 Å². The van der Waals surface area contributed by atoms with Gasteiger partial charge in [-0.15, -0.1) is 0 Å². The Morgan fingerprint density at radius 1 is 0.485 bits per heavy atom. The maximum absolute atomic E-state index is 7.00. The summed E-state index contributed by atoms with van der Waals surface area (Å²) < 4.78 is 6.24. The number of hydrogen-bond donors (Lipinski definition) is 2. The molecule has 0 spiro atoms. The number of methoxy groups -OCH3 is 1. The molecular formula is C48H89I7N6O3V2-2. The average Bonchev–Trinajstić information content (AvgIpc) is 3.31. The van der Waals surface area contributed by atoms with Gasteiger partial charge in [0.25, 0.3) is 0 Å². The Morgan fingerprint density at radius 3 is 0.758 bits per heavy atom. The van der Waals surface area contributed by atoms with Crippen molar-refractivity contribution in [2.75, 3.05) is 133 Å². The minimum absolute atomic E-state index is 0. The van der Waals surface area contributed by atoms with Crippen LogP contribution in [-0.4, -0.2) is 174 Å². The van der Waals surface area contributed by atoms with E-state index in [1.807, 2.05) is 13.8 Å². The SMILES string of the molecule is CC.CC(I)I.CCI.CN1CCN(Cc2ccccc2)CC1.CN1CCN(Cc2ccccc2)CC1.CN1CCN(Cc2ccccc2)CC1.CO.CO.COC.[CH3-].[CH3-].[I][V][I].[I][V][I]. The van der Waals surface area contributed by atoms with E-state index in [-0.39, 0.29) is 14.9 Å². The summed E-state index contributed by atoms with van der Waals surface area (Å²) >= 11 is 16.4. The van der Waals surface area contributed by atoms with Crippen LogP contribution in [0.15, 0.2) is 91.0 Å². The molecule has 0 aliphatic carbocycles. The van der Waals surface area contributed by atoms with E-state index in [1.165, 1.54) is 99.7 Å². The normalized spacial score (nSPS) is 14.4. The third kappa shape index (κ3) is 61.9. The first-order valence-electron chi connectivity index (χ1n) is 21.3. The molecule has 0 unspecified atom stereocenters. The van der Waals surface area contributed by atoms with Crippen LogP contribution < -0.4 is 0 Å². The molecule has 3 aliphatic heterocycles. The molecule has 66 heavy (non-hydrogen) atoms. The summed E-state index contributed by atoms with van der Waals surface area (Å²) in [4.78, 5) is 14.7. The predicted molar refractivity (Wildman–Crippen MR) is 349 cm³/mol. The van der Waals surface area contributed by atoms with Gasteiger partial charge >= 0.3 is 98.8 Å². The standard InChI is InChI=1S/3C12H18N2.C2H4I2.C2H5I.C2H6O.C2H6.2CH4O.2CH3.4HI.2V/c3*1-13-7-9-14(10-8-13)11-12-5-3-2-4-6-12;1-2(3)4;1-2-3;1-3-2;3*1-2;;;;;;;;/h3*2-6H,7-11H2,1H3;2H,1H3;2H2,1H3;1-2H3;1-2H3;2*2H,1H3;2*1H3;4*1H;;/q;;;;;;;;;2*-1;;;;;2*+2/p-4. The van der Waals surface area contributed by atoms with Crippen LogP contribution in [0.3, 0.4) is 0 Å². The number of rotatable bonds is 6. The Balaban J connectivity index is -0.000000128. The van der Waals surface area contributed by atoms with E-state index in [2.05, 4.69) is 308 Å². The molecule has 9 nitrogen and oxygen atoms in total. The fourth-order valence-corrected chi connectivity index (χ4v) is 5.54. The van der Waals surface area contributed by atoms with Gasteiger partial charge in [-0.25, -0.2) is 0 Å². The third-order valence-electron chi connectivity index (χ3n) is 8.53. The number of nitrogens with zero attached hydrogens (tertiary/aromatic N) is 6. The Labute approximate surface area is 507 Å². The van der Waals surface area contributed by atoms with Crippen molar-refractivity contribution in [1.29, 1.82) is 0 Å². The Morgan fingerprint density at radius 2 is 0.621 bits per heavy atom. The van der Waals surface area contributed by atoms with Crippen LogP contribution in [0.2, 0.25) is 0 Å². The van der Waals surface area contributed by atoms with E-state index >= 15 is 0 Å². The second-order valence-electron chi connectivity index (χ2n) is 13.5. The Kier molecular flexibility index (Phi) is 86.8. The number of benzene rings is 3. The van der Waals surface area contributed by atoms with E-state index in [0.29, 0.717) is 18.9 Å². The van der Waals surface area contributed by atoms with Gasteiger partial charge in [0.05, 0.1) is 1.93 Å². The molecule has 3 aromatic carbocycles. The van der Waals surface area contributed by atoms with Crippen LogP contribution in [-0.2, 0) is 43.3 Å². The van der Waals surface area contributed by atoms with E-state index in [0.717, 1.165) is 35.8 Å². The summed E-state index contributed by atoms with van der Waals surface area (Å²) in [5, 5.41) is 14.0. The molecule has 2 N–H and O–H groups in total. The van der Waals surface area contributed by atoms with Gasteiger partial charge in [0.2, 0.25) is 0 Å². The number of alkyl halides is 3. The van der Waals surface area contributed by atoms with Crippen molar-refractivity contribution in [2.45, 2.75) is 49.3 Å². The van der Waals surface area contributed by atoms with E-state index in [9.17, 15) is 0 Å². The van der Waals surface area contributed by atoms with Crippen molar-refractivity contribution < 1.29 is 33.9 Å². The van der Waals surface area contributed by atoms with Gasteiger partial charge in [0.1, 0.15) is 0 Å². The number of piperazine rings is 3. The van der Waals surface area contributed by atoms with Gasteiger partial charge in [0, 0.05) is 127 Å². The van der Waals surface area contributed by atoms with Crippen LogP contribution >= 0.6 is 148 Å². The van der Waals surface area contributed by atoms with Crippen molar-refractivity contribution in [2.24, 2.45) is 0 Å². The Bertz CT molecular complexity index is 1090. The quantitative estimate of drug-likeness (QED) is 0.143. The van der Waals surface area contributed by atoms with E-state index in [4.69, 9.17) is 10.2 Å². The molecule has 3 aliphatic rings. The van der Waals surface area contributed by atoms with Gasteiger partial charge in [-0.05, 0) is 49.2 Å². The molecule has 0 bridgehead atoms. The first-order valence-corrected chi connectivity index (χ1v) is 43.3. The fourth-order valence-electron chi connectivity index (χ4n) is 5.54. The number of halogens is 7. The minimum atomic E-state index is 0. The first kappa shape index (κ1) is 83.6. The molecule has 3 saturated heterocycles. The summed E-state index contributed by atoms with van der Waals surface area (Å²) in [5.41, 5.74) is 4.28. The first-order chi connectivity index (χ1) is 30.9.